The molecule has 1 aromatic heterocycles. The van der Waals surface area contributed by atoms with Crippen LogP contribution in [0.2, 0.25) is 5.02 Å². The second kappa shape index (κ2) is 4.82. The van der Waals surface area contributed by atoms with Crippen LogP contribution in [0.4, 0.5) is 5.82 Å². The van der Waals surface area contributed by atoms with Crippen LogP contribution in [0.5, 0.6) is 5.75 Å². The van der Waals surface area contributed by atoms with E-state index in [-0.39, 0.29) is 10.8 Å². The summed E-state index contributed by atoms with van der Waals surface area (Å²) in [6, 6.07) is 4.85. The average Bonchev–Trinajstić information content (AvgIpc) is 2.32. The molecule has 4 nitrogen and oxygen atoms in total. The number of aryl methyl sites for hydroxylation is 1. The van der Waals surface area contributed by atoms with E-state index in [1.807, 2.05) is 13.8 Å². The molecule has 0 saturated carbocycles. The lowest BCUT2D eigenvalue weighted by molar-refractivity contribution is 0.475. The number of phenols is 1. The molecule has 0 unspecified atom stereocenters. The molecule has 18 heavy (non-hydrogen) atoms. The van der Waals surface area contributed by atoms with Crippen LogP contribution in [-0.2, 0) is 6.42 Å². The van der Waals surface area contributed by atoms with Gasteiger partial charge in [0.1, 0.15) is 11.6 Å². The van der Waals surface area contributed by atoms with Crippen LogP contribution in [0.15, 0.2) is 18.2 Å². The maximum Gasteiger partial charge on any atom is 0.161 e. The molecule has 0 aliphatic carbocycles. The van der Waals surface area contributed by atoms with Gasteiger partial charge in [-0.15, -0.1) is 0 Å². The molecule has 0 radical (unpaired) electrons. The minimum Gasteiger partial charge on any atom is -0.506 e. The molecule has 0 bridgehead atoms. The summed E-state index contributed by atoms with van der Waals surface area (Å²) in [5, 5.41) is 9.65. The van der Waals surface area contributed by atoms with Crippen LogP contribution in [0.25, 0.3) is 11.4 Å². The first kappa shape index (κ1) is 12.6. The monoisotopic (exact) mass is 263 g/mol. The van der Waals surface area contributed by atoms with Gasteiger partial charge >= 0.3 is 0 Å². The van der Waals surface area contributed by atoms with Gasteiger partial charge in [-0.05, 0) is 31.5 Å². The molecule has 2 rings (SSSR count). The van der Waals surface area contributed by atoms with E-state index in [0.717, 1.165) is 23.2 Å². The Balaban J connectivity index is 2.54. The molecular formula is C13H14ClN3O. The van der Waals surface area contributed by atoms with E-state index in [1.54, 1.807) is 12.1 Å². The highest BCUT2D eigenvalue weighted by molar-refractivity contribution is 6.32. The van der Waals surface area contributed by atoms with Crippen molar-refractivity contribution in [2.75, 3.05) is 5.73 Å². The van der Waals surface area contributed by atoms with Crippen molar-refractivity contribution in [1.82, 2.24) is 9.97 Å². The number of nitrogens with two attached hydrogens (primary N) is 1. The summed E-state index contributed by atoms with van der Waals surface area (Å²) in [5.41, 5.74) is 8.46. The summed E-state index contributed by atoms with van der Waals surface area (Å²) in [6.45, 7) is 3.92. The van der Waals surface area contributed by atoms with Gasteiger partial charge < -0.3 is 10.8 Å². The number of aromatic hydroxyl groups is 1. The summed E-state index contributed by atoms with van der Waals surface area (Å²) in [6.07, 6.45) is 0.800. The molecule has 0 fully saturated rings. The summed E-state index contributed by atoms with van der Waals surface area (Å²) < 4.78 is 0. The average molecular weight is 264 g/mol. The zero-order chi connectivity index (χ0) is 13.3. The molecule has 3 N–H and O–H groups in total. The fraction of sp³-hybridized carbons (Fsp3) is 0.231. The van der Waals surface area contributed by atoms with Crippen molar-refractivity contribution < 1.29 is 5.11 Å². The third kappa shape index (κ3) is 2.24. The van der Waals surface area contributed by atoms with E-state index in [0.29, 0.717) is 11.6 Å². The Kier molecular flexibility index (Phi) is 3.39. The second-order valence-corrected chi connectivity index (χ2v) is 4.42. The normalized spacial score (nSPS) is 10.6. The summed E-state index contributed by atoms with van der Waals surface area (Å²) in [7, 11) is 0. The first-order chi connectivity index (χ1) is 8.52. The van der Waals surface area contributed by atoms with E-state index in [4.69, 9.17) is 17.3 Å². The van der Waals surface area contributed by atoms with Gasteiger partial charge in [0.2, 0.25) is 0 Å². The zero-order valence-corrected chi connectivity index (χ0v) is 11.0. The number of anilines is 1. The van der Waals surface area contributed by atoms with Gasteiger partial charge in [0.15, 0.2) is 5.82 Å². The van der Waals surface area contributed by atoms with Crippen molar-refractivity contribution in [2.24, 2.45) is 0 Å². The maximum absolute atomic E-state index is 9.38. The van der Waals surface area contributed by atoms with Crippen LogP contribution in [0, 0.1) is 6.92 Å². The molecular weight excluding hydrogens is 250 g/mol. The first-order valence-corrected chi connectivity index (χ1v) is 6.02. The zero-order valence-electron chi connectivity index (χ0n) is 10.2. The number of benzene rings is 1. The maximum atomic E-state index is 9.38. The van der Waals surface area contributed by atoms with E-state index in [1.165, 1.54) is 6.07 Å². The minimum atomic E-state index is 0.0373. The highest BCUT2D eigenvalue weighted by atomic mass is 35.5. The number of nitrogen functional groups attached to an aromatic ring is 1. The smallest absolute Gasteiger partial charge is 0.161 e. The van der Waals surface area contributed by atoms with E-state index in [2.05, 4.69) is 9.97 Å². The first-order valence-electron chi connectivity index (χ1n) is 5.64. The molecule has 2 aromatic rings. The fourth-order valence-corrected chi connectivity index (χ4v) is 2.01. The van der Waals surface area contributed by atoms with Crippen molar-refractivity contribution in [3.05, 3.63) is 34.5 Å². The van der Waals surface area contributed by atoms with Crippen LogP contribution in [0.3, 0.4) is 0 Å². The van der Waals surface area contributed by atoms with Gasteiger partial charge in [0.05, 0.1) is 5.02 Å². The van der Waals surface area contributed by atoms with Gasteiger partial charge in [-0.25, -0.2) is 9.97 Å². The Labute approximate surface area is 110 Å². The lowest BCUT2D eigenvalue weighted by Crippen LogP contribution is -2.04. The molecule has 0 aliphatic heterocycles. The highest BCUT2D eigenvalue weighted by Crippen LogP contribution is 2.28. The van der Waals surface area contributed by atoms with Crippen LogP contribution < -0.4 is 5.73 Å². The van der Waals surface area contributed by atoms with Crippen LogP contribution >= 0.6 is 11.6 Å². The Bertz CT molecular complexity index is 576. The number of rotatable bonds is 2. The Morgan fingerprint density at radius 1 is 1.33 bits per heavy atom. The van der Waals surface area contributed by atoms with Gasteiger partial charge in [-0.1, -0.05) is 18.5 Å². The number of aromatic nitrogens is 2. The van der Waals surface area contributed by atoms with Crippen LogP contribution in [0.1, 0.15) is 18.2 Å². The van der Waals surface area contributed by atoms with Crippen molar-refractivity contribution >= 4 is 17.4 Å². The van der Waals surface area contributed by atoms with E-state index in [9.17, 15) is 5.11 Å². The van der Waals surface area contributed by atoms with Crippen molar-refractivity contribution in [2.45, 2.75) is 20.3 Å². The summed E-state index contributed by atoms with van der Waals surface area (Å²) in [5.74, 6) is 1.04. The predicted octanol–water partition coefficient (Wildman–Crippen LogP) is 2.96. The molecule has 5 heteroatoms. The Morgan fingerprint density at radius 2 is 2.06 bits per heavy atom. The molecule has 0 saturated heterocycles. The lowest BCUT2D eigenvalue weighted by atomic mass is 10.1. The standard InChI is InChI=1S/C13H14ClN3O/c1-3-9-7(2)16-13(17-12(9)15)8-4-5-11(18)10(14)6-8/h4-6,18H,3H2,1-2H3,(H2,15,16,17). The second-order valence-electron chi connectivity index (χ2n) is 4.02. The molecule has 1 aromatic carbocycles. The van der Waals surface area contributed by atoms with Gasteiger partial charge in [-0.2, -0.15) is 0 Å². The number of hydrogen-bond donors (Lipinski definition) is 2. The largest absolute Gasteiger partial charge is 0.506 e. The number of hydrogen-bond acceptors (Lipinski definition) is 4. The summed E-state index contributed by atoms with van der Waals surface area (Å²) >= 11 is 5.87. The third-order valence-electron chi connectivity index (χ3n) is 2.81. The molecule has 0 amide bonds. The Hall–Kier alpha value is -1.81. The molecule has 1 heterocycles. The molecule has 0 spiro atoms. The third-order valence-corrected chi connectivity index (χ3v) is 3.11. The predicted molar refractivity (Wildman–Crippen MR) is 72.7 cm³/mol. The lowest BCUT2D eigenvalue weighted by Gasteiger charge is -2.09. The number of phenolic OH excluding ortho intramolecular Hbond substituents is 1. The van der Waals surface area contributed by atoms with Crippen molar-refractivity contribution in [3.8, 4) is 17.1 Å². The van der Waals surface area contributed by atoms with E-state index < -0.39 is 0 Å². The van der Waals surface area contributed by atoms with Crippen molar-refractivity contribution in [1.29, 1.82) is 0 Å². The Morgan fingerprint density at radius 3 is 2.61 bits per heavy atom. The van der Waals surface area contributed by atoms with Gasteiger partial charge in [-0.3, -0.25) is 0 Å². The quantitative estimate of drug-likeness (QED) is 0.874. The molecule has 94 valence electrons. The van der Waals surface area contributed by atoms with Crippen molar-refractivity contribution in [3.63, 3.8) is 0 Å². The van der Waals surface area contributed by atoms with E-state index >= 15 is 0 Å². The number of halogens is 1. The summed E-state index contributed by atoms with van der Waals surface area (Å²) in [4.78, 5) is 8.69. The number of nitrogens with zero attached hydrogens (tertiary/aromatic N) is 2. The highest BCUT2D eigenvalue weighted by Gasteiger charge is 2.10. The minimum absolute atomic E-state index is 0.0373. The topological polar surface area (TPSA) is 72.0 Å². The SMILES string of the molecule is CCc1c(C)nc(-c2ccc(O)c(Cl)c2)nc1N. The van der Waals surface area contributed by atoms with Crippen LogP contribution in [-0.4, -0.2) is 15.1 Å². The van der Waals surface area contributed by atoms with Gasteiger partial charge in [0, 0.05) is 16.8 Å². The molecule has 0 atom stereocenters. The fourth-order valence-electron chi connectivity index (χ4n) is 1.83. The van der Waals surface area contributed by atoms with Gasteiger partial charge in [0.25, 0.3) is 0 Å². The molecule has 0 aliphatic rings.